The Bertz CT molecular complexity index is 387. The molecule has 0 atom stereocenters. The van der Waals surface area contributed by atoms with Crippen LogP contribution < -0.4 is 0 Å². The number of hydrogen-bond acceptors (Lipinski definition) is 2. The first-order valence-corrected chi connectivity index (χ1v) is 4.00. The van der Waals surface area contributed by atoms with Gasteiger partial charge < -0.3 is 0 Å². The van der Waals surface area contributed by atoms with Gasteiger partial charge >= 0.3 is 6.18 Å². The van der Waals surface area contributed by atoms with Gasteiger partial charge in [0.2, 0.25) is 0 Å². The van der Waals surface area contributed by atoms with Gasteiger partial charge in [-0.15, -0.1) is 0 Å². The van der Waals surface area contributed by atoms with Crippen molar-refractivity contribution >= 4 is 5.69 Å². The van der Waals surface area contributed by atoms with Crippen LogP contribution in [-0.2, 0) is 12.6 Å². The number of hydrogen-bond donors (Lipinski definition) is 0. The van der Waals surface area contributed by atoms with Gasteiger partial charge in [0, 0.05) is 5.56 Å². The standard InChI is InChI=1S/C9H7F3NO2/c1-2-6-4-3-5-7(9(10,11)12)8(6)13(14)15/h3-5H,1-2H2. The first kappa shape index (κ1) is 11.5. The van der Waals surface area contributed by atoms with Crippen LogP contribution in [0.5, 0.6) is 0 Å². The molecule has 1 aromatic rings. The largest absolute Gasteiger partial charge is 0.423 e. The Morgan fingerprint density at radius 3 is 2.40 bits per heavy atom. The average Bonchev–Trinajstić information content (AvgIpc) is 2.15. The lowest BCUT2D eigenvalue weighted by Crippen LogP contribution is -2.10. The monoisotopic (exact) mass is 218 g/mol. The second-order valence-electron chi connectivity index (χ2n) is 2.82. The molecule has 1 rings (SSSR count). The molecular weight excluding hydrogens is 211 g/mol. The number of halogens is 3. The molecule has 6 heteroatoms. The molecule has 0 fully saturated rings. The second-order valence-corrected chi connectivity index (χ2v) is 2.82. The van der Waals surface area contributed by atoms with Crippen LogP contribution >= 0.6 is 0 Å². The fourth-order valence-electron chi connectivity index (χ4n) is 1.24. The van der Waals surface area contributed by atoms with E-state index in [9.17, 15) is 23.3 Å². The van der Waals surface area contributed by atoms with Gasteiger partial charge in [-0.3, -0.25) is 10.1 Å². The van der Waals surface area contributed by atoms with E-state index in [1.807, 2.05) is 0 Å². The van der Waals surface area contributed by atoms with Crippen molar-refractivity contribution in [3.05, 3.63) is 46.4 Å². The summed E-state index contributed by atoms with van der Waals surface area (Å²) in [5.41, 5.74) is -2.15. The Balaban J connectivity index is 3.46. The maximum atomic E-state index is 12.4. The van der Waals surface area contributed by atoms with E-state index in [0.29, 0.717) is 6.07 Å². The van der Waals surface area contributed by atoms with E-state index in [1.54, 1.807) is 0 Å². The minimum Gasteiger partial charge on any atom is -0.258 e. The maximum Gasteiger partial charge on any atom is 0.423 e. The zero-order chi connectivity index (χ0) is 11.6. The third kappa shape index (κ3) is 2.26. The number of nitro benzene ring substituents is 1. The molecular formula is C9H7F3NO2. The number of nitrogens with zero attached hydrogens (tertiary/aromatic N) is 1. The van der Waals surface area contributed by atoms with Crippen molar-refractivity contribution in [1.29, 1.82) is 0 Å². The Morgan fingerprint density at radius 2 is 2.00 bits per heavy atom. The second kappa shape index (κ2) is 3.88. The van der Waals surface area contributed by atoms with Gasteiger partial charge in [-0.2, -0.15) is 13.2 Å². The van der Waals surface area contributed by atoms with Crippen molar-refractivity contribution in [3.8, 4) is 0 Å². The fraction of sp³-hybridized carbons (Fsp3) is 0.222. The number of rotatable bonds is 2. The summed E-state index contributed by atoms with van der Waals surface area (Å²) < 4.78 is 37.2. The summed E-state index contributed by atoms with van der Waals surface area (Å²) in [6, 6.07) is 3.09. The van der Waals surface area contributed by atoms with Crippen molar-refractivity contribution in [2.24, 2.45) is 0 Å². The Labute approximate surface area is 83.7 Å². The molecule has 0 N–H and O–H groups in total. The molecule has 81 valence electrons. The SMILES string of the molecule is [CH2]Cc1cccc(C(F)(F)F)c1[N+](=O)[O-]. The van der Waals surface area contributed by atoms with Crippen LogP contribution in [0.2, 0.25) is 0 Å². The predicted molar refractivity (Wildman–Crippen MR) is 47.2 cm³/mol. The lowest BCUT2D eigenvalue weighted by molar-refractivity contribution is -0.388. The topological polar surface area (TPSA) is 43.1 Å². The van der Waals surface area contributed by atoms with E-state index in [4.69, 9.17) is 0 Å². The van der Waals surface area contributed by atoms with Crippen LogP contribution in [0.3, 0.4) is 0 Å². The van der Waals surface area contributed by atoms with Gasteiger partial charge in [-0.1, -0.05) is 12.1 Å². The smallest absolute Gasteiger partial charge is 0.258 e. The van der Waals surface area contributed by atoms with Crippen LogP contribution in [0.4, 0.5) is 18.9 Å². The summed E-state index contributed by atoms with van der Waals surface area (Å²) in [5.74, 6) is 0. The highest BCUT2D eigenvalue weighted by atomic mass is 19.4. The van der Waals surface area contributed by atoms with Crippen LogP contribution in [0, 0.1) is 17.0 Å². The molecule has 0 aliphatic carbocycles. The quantitative estimate of drug-likeness (QED) is 0.565. The van der Waals surface area contributed by atoms with Crippen molar-refractivity contribution in [1.82, 2.24) is 0 Å². The molecule has 1 radical (unpaired) electrons. The molecule has 15 heavy (non-hydrogen) atoms. The molecule has 3 nitrogen and oxygen atoms in total. The molecule has 0 spiro atoms. The fourth-order valence-corrected chi connectivity index (χ4v) is 1.24. The third-order valence-corrected chi connectivity index (χ3v) is 1.88. The van der Waals surface area contributed by atoms with Gasteiger partial charge in [-0.05, 0) is 19.4 Å². The van der Waals surface area contributed by atoms with Gasteiger partial charge in [0.25, 0.3) is 5.69 Å². The summed E-state index contributed by atoms with van der Waals surface area (Å²) in [6.07, 6.45) is -4.77. The zero-order valence-electron chi connectivity index (χ0n) is 7.54. The van der Waals surface area contributed by atoms with Gasteiger partial charge in [0.1, 0.15) is 5.56 Å². The Hall–Kier alpha value is -1.59. The number of alkyl halides is 3. The summed E-state index contributed by atoms with van der Waals surface area (Å²) in [4.78, 5) is 9.50. The predicted octanol–water partition coefficient (Wildman–Crippen LogP) is 2.99. The molecule has 0 aliphatic rings. The normalized spacial score (nSPS) is 11.5. The Morgan fingerprint density at radius 1 is 1.40 bits per heavy atom. The minimum absolute atomic E-state index is 0.0187. The van der Waals surface area contributed by atoms with Crippen molar-refractivity contribution < 1.29 is 18.1 Å². The van der Waals surface area contributed by atoms with E-state index < -0.39 is 22.4 Å². The summed E-state index contributed by atoms with van der Waals surface area (Å²) in [7, 11) is 0. The van der Waals surface area contributed by atoms with Crippen molar-refractivity contribution in [2.45, 2.75) is 12.6 Å². The maximum absolute atomic E-state index is 12.4. The highest BCUT2D eigenvalue weighted by Crippen LogP contribution is 2.37. The van der Waals surface area contributed by atoms with Gasteiger partial charge in [-0.25, -0.2) is 0 Å². The molecule has 0 unspecified atom stereocenters. The van der Waals surface area contributed by atoms with Crippen LogP contribution in [-0.4, -0.2) is 4.92 Å². The molecule has 0 aromatic heterocycles. The number of para-hydroxylation sites is 1. The van der Waals surface area contributed by atoms with E-state index in [2.05, 4.69) is 6.92 Å². The van der Waals surface area contributed by atoms with E-state index in [-0.39, 0.29) is 12.0 Å². The summed E-state index contributed by atoms with van der Waals surface area (Å²) in [5, 5.41) is 10.5. The molecule has 0 bridgehead atoms. The van der Waals surface area contributed by atoms with E-state index in [0.717, 1.165) is 6.07 Å². The van der Waals surface area contributed by atoms with Crippen LogP contribution in [0.15, 0.2) is 18.2 Å². The van der Waals surface area contributed by atoms with Gasteiger partial charge in [0.15, 0.2) is 0 Å². The van der Waals surface area contributed by atoms with E-state index >= 15 is 0 Å². The lowest BCUT2D eigenvalue weighted by atomic mass is 10.1. The molecule has 0 heterocycles. The van der Waals surface area contributed by atoms with E-state index in [1.165, 1.54) is 6.07 Å². The average molecular weight is 218 g/mol. The van der Waals surface area contributed by atoms with Crippen molar-refractivity contribution in [3.63, 3.8) is 0 Å². The zero-order valence-corrected chi connectivity index (χ0v) is 7.54. The van der Waals surface area contributed by atoms with Gasteiger partial charge in [0.05, 0.1) is 4.92 Å². The molecule has 0 aliphatic heterocycles. The summed E-state index contributed by atoms with van der Waals surface area (Å²) >= 11 is 0. The molecule has 0 saturated carbocycles. The van der Waals surface area contributed by atoms with Crippen LogP contribution in [0.1, 0.15) is 11.1 Å². The highest BCUT2D eigenvalue weighted by Gasteiger charge is 2.39. The molecule has 1 aromatic carbocycles. The summed E-state index contributed by atoms with van der Waals surface area (Å²) in [6.45, 7) is 3.35. The number of nitro groups is 1. The highest BCUT2D eigenvalue weighted by molar-refractivity contribution is 5.49. The number of benzene rings is 1. The van der Waals surface area contributed by atoms with Crippen LogP contribution in [0.25, 0.3) is 0 Å². The first-order valence-electron chi connectivity index (χ1n) is 4.00. The molecule has 0 amide bonds. The third-order valence-electron chi connectivity index (χ3n) is 1.88. The first-order chi connectivity index (χ1) is 6.88. The minimum atomic E-state index is -4.71. The Kier molecular flexibility index (Phi) is 2.97. The van der Waals surface area contributed by atoms with Crippen molar-refractivity contribution in [2.75, 3.05) is 0 Å². The lowest BCUT2D eigenvalue weighted by Gasteiger charge is -2.09. The molecule has 0 saturated heterocycles.